The quantitative estimate of drug-likeness (QED) is 0.767. The van der Waals surface area contributed by atoms with Crippen LogP contribution in [0.3, 0.4) is 0 Å². The van der Waals surface area contributed by atoms with E-state index >= 15 is 0 Å². The second kappa shape index (κ2) is 6.88. The van der Waals surface area contributed by atoms with Crippen LogP contribution in [0.5, 0.6) is 0 Å². The van der Waals surface area contributed by atoms with Gasteiger partial charge in [-0.15, -0.1) is 0 Å². The summed E-state index contributed by atoms with van der Waals surface area (Å²) in [4.78, 5) is 24.3. The lowest BCUT2D eigenvalue weighted by molar-refractivity contribution is -0.121. The molecular weight excluding hydrogens is 328 g/mol. The molecule has 0 saturated carbocycles. The smallest absolute Gasteiger partial charge is 0.291 e. The zero-order chi connectivity index (χ0) is 17.1. The van der Waals surface area contributed by atoms with Crippen LogP contribution in [0.4, 0.5) is 0 Å². The van der Waals surface area contributed by atoms with Crippen LogP contribution in [0.1, 0.15) is 11.4 Å². The van der Waals surface area contributed by atoms with Gasteiger partial charge in [0, 0.05) is 17.8 Å². The highest BCUT2D eigenvalue weighted by atomic mass is 35.5. The topological polar surface area (TPSA) is 68.4 Å². The third-order valence-electron chi connectivity index (χ3n) is 3.76. The molecule has 0 atom stereocenters. The van der Waals surface area contributed by atoms with E-state index in [9.17, 15) is 9.59 Å². The van der Waals surface area contributed by atoms with E-state index in [1.54, 1.807) is 29.7 Å². The molecule has 0 saturated heterocycles. The number of amides is 1. The molecule has 2 heterocycles. The minimum atomic E-state index is -0.279. The summed E-state index contributed by atoms with van der Waals surface area (Å²) in [7, 11) is 0. The van der Waals surface area contributed by atoms with Crippen molar-refractivity contribution in [2.45, 2.75) is 19.9 Å². The molecule has 24 heavy (non-hydrogen) atoms. The maximum atomic E-state index is 12.3. The molecule has 7 heteroatoms. The third kappa shape index (κ3) is 3.49. The van der Waals surface area contributed by atoms with Crippen molar-refractivity contribution in [1.29, 1.82) is 0 Å². The first-order chi connectivity index (χ1) is 11.5. The summed E-state index contributed by atoms with van der Waals surface area (Å²) in [5.41, 5.74) is 1.32. The van der Waals surface area contributed by atoms with Gasteiger partial charge in [0.2, 0.25) is 5.91 Å². The van der Waals surface area contributed by atoms with Crippen LogP contribution in [0.15, 0.2) is 47.4 Å². The molecule has 0 unspecified atom stereocenters. The van der Waals surface area contributed by atoms with Gasteiger partial charge in [0.05, 0.1) is 0 Å². The predicted octanol–water partition coefficient (Wildman–Crippen LogP) is 1.82. The Labute approximate surface area is 143 Å². The molecule has 0 bridgehead atoms. The van der Waals surface area contributed by atoms with Gasteiger partial charge in [-0.2, -0.15) is 5.10 Å². The molecule has 0 fully saturated rings. The Morgan fingerprint density at radius 3 is 2.75 bits per heavy atom. The summed E-state index contributed by atoms with van der Waals surface area (Å²) in [5.74, 6) is 0.414. The lowest BCUT2D eigenvalue weighted by Gasteiger charge is -2.09. The molecule has 0 aliphatic rings. The first-order valence-corrected chi connectivity index (χ1v) is 7.98. The standard InChI is InChI=1S/C17H17ClN4O2/c1-12-20-22(17(24)15-3-2-10-21(12)15)11-16(23)19-9-8-13-4-6-14(18)7-5-13/h2-7,10H,8-9,11H2,1H3,(H,19,23). The number of rotatable bonds is 5. The molecule has 2 aromatic heterocycles. The van der Waals surface area contributed by atoms with Crippen LogP contribution in [0.2, 0.25) is 5.02 Å². The molecule has 124 valence electrons. The highest BCUT2D eigenvalue weighted by Crippen LogP contribution is 2.09. The van der Waals surface area contributed by atoms with Crippen molar-refractivity contribution in [1.82, 2.24) is 19.5 Å². The van der Waals surface area contributed by atoms with Crippen molar-refractivity contribution in [3.8, 4) is 0 Å². The largest absolute Gasteiger partial charge is 0.354 e. The normalized spacial score (nSPS) is 10.9. The minimum absolute atomic E-state index is 0.0953. The first-order valence-electron chi connectivity index (χ1n) is 7.60. The van der Waals surface area contributed by atoms with Crippen molar-refractivity contribution in [3.63, 3.8) is 0 Å². The Kier molecular flexibility index (Phi) is 4.66. The summed E-state index contributed by atoms with van der Waals surface area (Å²) < 4.78 is 2.90. The van der Waals surface area contributed by atoms with E-state index in [0.29, 0.717) is 29.3 Å². The zero-order valence-corrected chi connectivity index (χ0v) is 14.0. The van der Waals surface area contributed by atoms with Crippen LogP contribution in [-0.2, 0) is 17.8 Å². The van der Waals surface area contributed by atoms with Crippen molar-refractivity contribution < 1.29 is 4.79 Å². The maximum absolute atomic E-state index is 12.3. The Morgan fingerprint density at radius 2 is 2.00 bits per heavy atom. The molecule has 6 nitrogen and oxygen atoms in total. The van der Waals surface area contributed by atoms with E-state index in [4.69, 9.17) is 11.6 Å². The van der Waals surface area contributed by atoms with Crippen molar-refractivity contribution in [2.24, 2.45) is 0 Å². The zero-order valence-electron chi connectivity index (χ0n) is 13.2. The number of benzene rings is 1. The highest BCUT2D eigenvalue weighted by molar-refractivity contribution is 6.30. The van der Waals surface area contributed by atoms with Gasteiger partial charge in [-0.25, -0.2) is 4.68 Å². The van der Waals surface area contributed by atoms with E-state index in [0.717, 1.165) is 5.56 Å². The summed E-state index contributed by atoms with van der Waals surface area (Å²) in [6.45, 7) is 2.19. The van der Waals surface area contributed by atoms with Gasteiger partial charge < -0.3 is 5.32 Å². The number of nitrogens with one attached hydrogen (secondary N) is 1. The monoisotopic (exact) mass is 344 g/mol. The summed E-state index contributed by atoms with van der Waals surface area (Å²) in [5, 5.41) is 7.67. The predicted molar refractivity (Wildman–Crippen MR) is 92.4 cm³/mol. The van der Waals surface area contributed by atoms with Gasteiger partial charge in [-0.1, -0.05) is 23.7 Å². The van der Waals surface area contributed by atoms with Gasteiger partial charge in [0.15, 0.2) is 0 Å². The highest BCUT2D eigenvalue weighted by Gasteiger charge is 2.10. The molecule has 0 radical (unpaired) electrons. The van der Waals surface area contributed by atoms with E-state index in [1.807, 2.05) is 24.3 Å². The second-order valence-electron chi connectivity index (χ2n) is 5.50. The molecule has 1 aromatic carbocycles. The number of aryl methyl sites for hydroxylation is 1. The number of halogens is 1. The first kappa shape index (κ1) is 16.3. The Bertz CT molecular complexity index is 928. The van der Waals surface area contributed by atoms with Crippen molar-refractivity contribution in [2.75, 3.05) is 6.54 Å². The minimum Gasteiger partial charge on any atom is -0.354 e. The van der Waals surface area contributed by atoms with Crippen LogP contribution in [0, 0.1) is 6.92 Å². The fourth-order valence-electron chi connectivity index (χ4n) is 2.53. The summed E-state index contributed by atoms with van der Waals surface area (Å²) in [6.07, 6.45) is 2.47. The van der Waals surface area contributed by atoms with Crippen LogP contribution >= 0.6 is 11.6 Å². The number of nitrogens with zero attached hydrogens (tertiary/aromatic N) is 3. The number of hydrogen-bond acceptors (Lipinski definition) is 3. The van der Waals surface area contributed by atoms with Crippen molar-refractivity contribution in [3.05, 3.63) is 69.4 Å². The molecular formula is C17H17ClN4O2. The Hall–Kier alpha value is -2.60. The van der Waals surface area contributed by atoms with Gasteiger partial charge in [-0.05, 0) is 43.2 Å². The number of carbonyl (C=O) groups is 1. The van der Waals surface area contributed by atoms with Gasteiger partial charge in [0.1, 0.15) is 17.9 Å². The Morgan fingerprint density at radius 1 is 1.25 bits per heavy atom. The number of fused-ring (bicyclic) bond motifs is 1. The molecule has 3 rings (SSSR count). The number of aromatic nitrogens is 3. The van der Waals surface area contributed by atoms with Crippen LogP contribution in [-0.4, -0.2) is 26.6 Å². The van der Waals surface area contributed by atoms with Crippen LogP contribution in [0.25, 0.3) is 5.52 Å². The molecule has 3 aromatic rings. The van der Waals surface area contributed by atoms with E-state index in [1.165, 1.54) is 4.68 Å². The maximum Gasteiger partial charge on any atom is 0.291 e. The van der Waals surface area contributed by atoms with Gasteiger partial charge in [0.25, 0.3) is 5.56 Å². The molecule has 1 N–H and O–H groups in total. The molecule has 1 amide bonds. The van der Waals surface area contributed by atoms with Gasteiger partial charge in [-0.3, -0.25) is 14.0 Å². The second-order valence-corrected chi connectivity index (χ2v) is 5.94. The van der Waals surface area contributed by atoms with Gasteiger partial charge >= 0.3 is 0 Å². The SMILES string of the molecule is Cc1nn(CC(=O)NCCc2ccc(Cl)cc2)c(=O)c2cccn12. The molecule has 0 aliphatic carbocycles. The molecule has 0 spiro atoms. The van der Waals surface area contributed by atoms with Crippen molar-refractivity contribution >= 4 is 23.0 Å². The van der Waals surface area contributed by atoms with E-state index in [-0.39, 0.29) is 18.0 Å². The van der Waals surface area contributed by atoms with E-state index in [2.05, 4.69) is 10.4 Å². The fraction of sp³-hybridized carbons (Fsp3) is 0.235. The summed E-state index contributed by atoms with van der Waals surface area (Å²) >= 11 is 5.84. The average molecular weight is 345 g/mol. The summed E-state index contributed by atoms with van der Waals surface area (Å²) in [6, 6.07) is 11.0. The van der Waals surface area contributed by atoms with E-state index < -0.39 is 0 Å². The Balaban J connectivity index is 1.62. The lowest BCUT2D eigenvalue weighted by Crippen LogP contribution is -2.35. The van der Waals surface area contributed by atoms with Crippen LogP contribution < -0.4 is 10.9 Å². The number of hydrogen-bond donors (Lipinski definition) is 1. The molecule has 0 aliphatic heterocycles. The third-order valence-corrected chi connectivity index (χ3v) is 4.01. The average Bonchev–Trinajstić information content (AvgIpc) is 3.05. The lowest BCUT2D eigenvalue weighted by atomic mass is 10.1. The number of carbonyl (C=O) groups excluding carboxylic acids is 1. The fourth-order valence-corrected chi connectivity index (χ4v) is 2.66.